The van der Waals surface area contributed by atoms with Crippen LogP contribution in [0.25, 0.3) is 0 Å². The largest absolute Gasteiger partial charge is 0.393 e. The first-order chi connectivity index (χ1) is 12.1. The Kier molecular flexibility index (Phi) is 3.80. The van der Waals surface area contributed by atoms with E-state index in [0.717, 1.165) is 42.4 Å². The number of fused-ring (bicyclic) bond motifs is 4. The number of aliphatic hydroxyl groups excluding tert-OH is 1. The van der Waals surface area contributed by atoms with E-state index in [1.54, 1.807) is 0 Å². The van der Waals surface area contributed by atoms with Gasteiger partial charge in [0, 0.05) is 5.92 Å². The highest BCUT2D eigenvalue weighted by Gasteiger charge is 2.63. The third-order valence-electron chi connectivity index (χ3n) is 10.2. The lowest BCUT2D eigenvalue weighted by Gasteiger charge is -2.62. The Morgan fingerprint density at radius 2 is 1.72 bits per heavy atom. The van der Waals surface area contributed by atoms with E-state index in [9.17, 15) is 10.4 Å². The van der Waals surface area contributed by atoms with Gasteiger partial charge in [0.25, 0.3) is 0 Å². The summed E-state index contributed by atoms with van der Waals surface area (Å²) in [5, 5.41) is 19.9. The van der Waals surface area contributed by atoms with Gasteiger partial charge >= 0.3 is 0 Å². The quantitative estimate of drug-likeness (QED) is 0.649. The Morgan fingerprint density at radius 3 is 2.56 bits per heavy atom. The number of rotatable bonds is 0. The molecule has 2 heteroatoms. The lowest BCUT2D eigenvalue weighted by molar-refractivity contribution is -0.138. The normalized spacial score (nSPS) is 57.6. The van der Waals surface area contributed by atoms with Crippen molar-refractivity contribution in [3.05, 3.63) is 0 Å². The van der Waals surface area contributed by atoms with Crippen LogP contribution in [0.1, 0.15) is 84.0 Å². The molecular formula is C23H35NO. The Hall–Kier alpha value is -0.550. The lowest BCUT2D eigenvalue weighted by Crippen LogP contribution is -2.55. The van der Waals surface area contributed by atoms with E-state index < -0.39 is 0 Å². The third kappa shape index (κ3) is 2.17. The molecule has 0 radical (unpaired) electrons. The summed E-state index contributed by atoms with van der Waals surface area (Å²) in [5.41, 5.74) is 1.03. The second-order valence-corrected chi connectivity index (χ2v) is 10.7. The van der Waals surface area contributed by atoms with Crippen molar-refractivity contribution in [1.29, 1.82) is 5.26 Å². The van der Waals surface area contributed by atoms with Crippen LogP contribution < -0.4 is 0 Å². The highest BCUT2D eigenvalue weighted by molar-refractivity contribution is 5.14. The maximum atomic E-state index is 10.2. The Morgan fingerprint density at radius 1 is 0.880 bits per heavy atom. The van der Waals surface area contributed by atoms with Crippen LogP contribution in [0.15, 0.2) is 0 Å². The van der Waals surface area contributed by atoms with E-state index in [2.05, 4.69) is 13.0 Å². The Bertz CT molecular complexity index is 581. The first kappa shape index (κ1) is 16.6. The molecule has 1 N–H and O–H groups in total. The summed E-state index contributed by atoms with van der Waals surface area (Å²) >= 11 is 0. The molecule has 5 saturated carbocycles. The molecule has 0 aliphatic heterocycles. The first-order valence-electron chi connectivity index (χ1n) is 11.2. The molecule has 0 aromatic heterocycles. The summed E-state index contributed by atoms with van der Waals surface area (Å²) in [6.07, 6.45) is 15.5. The summed E-state index contributed by atoms with van der Waals surface area (Å²) < 4.78 is 0. The van der Waals surface area contributed by atoms with Gasteiger partial charge in [0.2, 0.25) is 0 Å². The number of nitriles is 1. The smallest absolute Gasteiger partial charge is 0.0658 e. The van der Waals surface area contributed by atoms with Crippen molar-refractivity contribution in [2.24, 2.45) is 46.3 Å². The van der Waals surface area contributed by atoms with Crippen LogP contribution in [0.3, 0.4) is 0 Å². The fourth-order valence-corrected chi connectivity index (χ4v) is 9.19. The molecule has 0 bridgehead atoms. The zero-order valence-corrected chi connectivity index (χ0v) is 15.9. The highest BCUT2D eigenvalue weighted by atomic mass is 16.3. The molecule has 0 saturated heterocycles. The van der Waals surface area contributed by atoms with E-state index in [-0.39, 0.29) is 6.10 Å². The summed E-state index contributed by atoms with van der Waals surface area (Å²) in [7, 11) is 0. The van der Waals surface area contributed by atoms with Crippen molar-refractivity contribution in [3.8, 4) is 6.07 Å². The van der Waals surface area contributed by atoms with Gasteiger partial charge in [-0.15, -0.1) is 0 Å². The van der Waals surface area contributed by atoms with E-state index in [1.807, 2.05) is 0 Å². The third-order valence-corrected chi connectivity index (χ3v) is 10.2. The van der Waals surface area contributed by atoms with Crippen molar-refractivity contribution in [1.82, 2.24) is 0 Å². The van der Waals surface area contributed by atoms with Crippen molar-refractivity contribution in [2.45, 2.75) is 90.1 Å². The molecule has 5 fully saturated rings. The summed E-state index contributed by atoms with van der Waals surface area (Å²) in [6.45, 7) is 2.59. The number of nitrogens with zero attached hydrogens (tertiary/aromatic N) is 1. The van der Waals surface area contributed by atoms with Gasteiger partial charge in [-0.1, -0.05) is 13.3 Å². The van der Waals surface area contributed by atoms with Crippen LogP contribution in [-0.4, -0.2) is 11.2 Å². The molecule has 5 aliphatic rings. The van der Waals surface area contributed by atoms with E-state index in [1.165, 1.54) is 64.2 Å². The molecule has 138 valence electrons. The molecule has 0 amide bonds. The van der Waals surface area contributed by atoms with Gasteiger partial charge in [-0.05, 0) is 111 Å². The van der Waals surface area contributed by atoms with Gasteiger partial charge in [-0.2, -0.15) is 5.26 Å². The van der Waals surface area contributed by atoms with E-state index >= 15 is 0 Å². The van der Waals surface area contributed by atoms with Gasteiger partial charge < -0.3 is 5.11 Å². The predicted octanol–water partition coefficient (Wildman–Crippen LogP) is 5.31. The molecule has 25 heavy (non-hydrogen) atoms. The van der Waals surface area contributed by atoms with Gasteiger partial charge in [0.05, 0.1) is 12.2 Å². The molecule has 9 atom stereocenters. The molecule has 0 aromatic carbocycles. The summed E-state index contributed by atoms with van der Waals surface area (Å²) in [5.74, 6) is 4.57. The standard InChI is InChI=1S/C23H35NO/c1-22-11-8-17(25)13-16(22)4-5-18-20(22)9-12-23-10-2-3-15(14-24)19(23)6-7-21(18)23/h15-21,25H,2-13H2,1H3/t15-,16+,17-,18-,19-,20+,21+,22+,23+/m1/s1. The lowest BCUT2D eigenvalue weighted by atomic mass is 9.43. The topological polar surface area (TPSA) is 44.0 Å². The van der Waals surface area contributed by atoms with Crippen LogP contribution in [0.2, 0.25) is 0 Å². The average molecular weight is 342 g/mol. The van der Waals surface area contributed by atoms with Gasteiger partial charge in [0.15, 0.2) is 0 Å². The number of aliphatic hydroxyl groups is 1. The number of hydrogen-bond donors (Lipinski definition) is 1. The molecule has 0 aromatic rings. The van der Waals surface area contributed by atoms with E-state index in [4.69, 9.17) is 0 Å². The molecule has 5 aliphatic carbocycles. The van der Waals surface area contributed by atoms with Crippen molar-refractivity contribution in [2.75, 3.05) is 0 Å². The van der Waals surface area contributed by atoms with Crippen LogP contribution in [0.4, 0.5) is 0 Å². The summed E-state index contributed by atoms with van der Waals surface area (Å²) in [4.78, 5) is 0. The zero-order chi connectivity index (χ0) is 17.2. The van der Waals surface area contributed by atoms with Crippen LogP contribution >= 0.6 is 0 Å². The van der Waals surface area contributed by atoms with Gasteiger partial charge in [0.1, 0.15) is 0 Å². The SMILES string of the molecule is C[C@]12CC[C@@H](O)C[C@@H]1CC[C@@H]1[C@@H]2CC[C@@]23CCC[C@H](C#N)[C@H]2CC[C@@H]13. The highest BCUT2D eigenvalue weighted by Crippen LogP contribution is 2.70. The van der Waals surface area contributed by atoms with Crippen molar-refractivity contribution >= 4 is 0 Å². The van der Waals surface area contributed by atoms with Gasteiger partial charge in [-0.3, -0.25) is 0 Å². The molecule has 1 spiro atoms. The van der Waals surface area contributed by atoms with Crippen molar-refractivity contribution in [3.63, 3.8) is 0 Å². The fraction of sp³-hybridized carbons (Fsp3) is 0.957. The van der Waals surface area contributed by atoms with Crippen LogP contribution in [0, 0.1) is 57.7 Å². The van der Waals surface area contributed by atoms with Crippen LogP contribution in [0.5, 0.6) is 0 Å². The predicted molar refractivity (Wildman–Crippen MR) is 98.5 cm³/mol. The van der Waals surface area contributed by atoms with Gasteiger partial charge in [-0.25, -0.2) is 0 Å². The minimum atomic E-state index is -0.0323. The minimum absolute atomic E-state index is 0.0323. The second-order valence-electron chi connectivity index (χ2n) is 10.7. The molecule has 2 nitrogen and oxygen atoms in total. The maximum absolute atomic E-state index is 10.2. The average Bonchev–Trinajstić information content (AvgIpc) is 3.02. The van der Waals surface area contributed by atoms with E-state index in [0.29, 0.717) is 16.7 Å². The second kappa shape index (κ2) is 5.72. The fourth-order valence-electron chi connectivity index (χ4n) is 9.19. The first-order valence-corrected chi connectivity index (χ1v) is 11.2. The molecule has 0 unspecified atom stereocenters. The van der Waals surface area contributed by atoms with Crippen LogP contribution in [-0.2, 0) is 0 Å². The Labute approximate surface area is 153 Å². The minimum Gasteiger partial charge on any atom is -0.393 e. The molecule has 0 heterocycles. The molecular weight excluding hydrogens is 306 g/mol. The molecule has 5 rings (SSSR count). The van der Waals surface area contributed by atoms with Crippen molar-refractivity contribution < 1.29 is 5.11 Å². The maximum Gasteiger partial charge on any atom is 0.0658 e. The number of hydrogen-bond acceptors (Lipinski definition) is 2. The summed E-state index contributed by atoms with van der Waals surface area (Å²) in [6, 6.07) is 2.71. The Balaban J connectivity index is 1.45. The monoisotopic (exact) mass is 341 g/mol. The zero-order valence-electron chi connectivity index (χ0n) is 15.9.